The first-order valence-electron chi connectivity index (χ1n) is 7.31. The molecule has 1 aliphatic rings. The predicted octanol–water partition coefficient (Wildman–Crippen LogP) is 4.60. The van der Waals surface area contributed by atoms with Crippen molar-refractivity contribution < 1.29 is 4.74 Å². The van der Waals surface area contributed by atoms with Crippen molar-refractivity contribution in [3.05, 3.63) is 35.9 Å². The molecule has 0 spiro atoms. The highest BCUT2D eigenvalue weighted by Crippen LogP contribution is 2.34. The van der Waals surface area contributed by atoms with E-state index in [9.17, 15) is 0 Å². The molecule has 1 heteroatoms. The standard InChI is InChI=1S/C17H26O/c1-14(2)16-10-7-12-17(3,18-16)13-11-15-8-5-4-6-9-15/h4-6,8-9,14,16H,7,10-13H2,1-3H3/t16-,17-/m0/s1. The molecule has 1 nitrogen and oxygen atoms in total. The summed E-state index contributed by atoms with van der Waals surface area (Å²) in [7, 11) is 0. The van der Waals surface area contributed by atoms with E-state index in [1.54, 1.807) is 0 Å². The third kappa shape index (κ3) is 3.58. The lowest BCUT2D eigenvalue weighted by Gasteiger charge is -2.40. The number of aryl methyl sites for hydroxylation is 1. The maximum absolute atomic E-state index is 6.36. The van der Waals surface area contributed by atoms with Gasteiger partial charge in [0.05, 0.1) is 11.7 Å². The van der Waals surface area contributed by atoms with Crippen molar-refractivity contribution >= 4 is 0 Å². The molecule has 1 saturated heterocycles. The summed E-state index contributed by atoms with van der Waals surface area (Å²) >= 11 is 0. The number of benzene rings is 1. The van der Waals surface area contributed by atoms with E-state index in [0.717, 1.165) is 12.8 Å². The summed E-state index contributed by atoms with van der Waals surface area (Å²) in [6.45, 7) is 6.84. The third-order valence-electron chi connectivity index (χ3n) is 4.16. The fourth-order valence-electron chi connectivity index (χ4n) is 2.87. The van der Waals surface area contributed by atoms with Crippen LogP contribution in [0.3, 0.4) is 0 Å². The molecule has 2 atom stereocenters. The zero-order valence-corrected chi connectivity index (χ0v) is 12.0. The minimum absolute atomic E-state index is 0.0863. The van der Waals surface area contributed by atoms with Gasteiger partial charge in [-0.25, -0.2) is 0 Å². The molecule has 1 aromatic carbocycles. The van der Waals surface area contributed by atoms with E-state index in [-0.39, 0.29) is 5.60 Å². The van der Waals surface area contributed by atoms with E-state index < -0.39 is 0 Å². The van der Waals surface area contributed by atoms with Crippen molar-refractivity contribution in [3.63, 3.8) is 0 Å². The Kier molecular flexibility index (Phi) is 4.45. The molecule has 0 aromatic heterocycles. The van der Waals surface area contributed by atoms with Gasteiger partial charge in [0, 0.05) is 0 Å². The van der Waals surface area contributed by atoms with Crippen LogP contribution in [0.15, 0.2) is 30.3 Å². The molecule has 2 rings (SSSR count). The number of ether oxygens (including phenoxy) is 1. The van der Waals surface area contributed by atoms with E-state index in [1.165, 1.54) is 24.8 Å². The van der Waals surface area contributed by atoms with Crippen LogP contribution in [-0.2, 0) is 11.2 Å². The molecule has 1 aromatic rings. The van der Waals surface area contributed by atoms with Gasteiger partial charge >= 0.3 is 0 Å². The molecule has 1 fully saturated rings. The molecule has 1 aliphatic heterocycles. The molecule has 100 valence electrons. The second kappa shape index (κ2) is 5.88. The Labute approximate surface area is 112 Å². The van der Waals surface area contributed by atoms with Crippen molar-refractivity contribution in [2.75, 3.05) is 0 Å². The Morgan fingerprint density at radius 2 is 2.00 bits per heavy atom. The molecule has 0 N–H and O–H groups in total. The first kappa shape index (κ1) is 13.6. The van der Waals surface area contributed by atoms with E-state index >= 15 is 0 Å². The number of hydrogen-bond acceptors (Lipinski definition) is 1. The fraction of sp³-hybridized carbons (Fsp3) is 0.647. The lowest BCUT2D eigenvalue weighted by molar-refractivity contribution is -0.136. The molecule has 0 saturated carbocycles. The molecule has 0 amide bonds. The van der Waals surface area contributed by atoms with Crippen LogP contribution < -0.4 is 0 Å². The maximum Gasteiger partial charge on any atom is 0.0661 e. The predicted molar refractivity (Wildman–Crippen MR) is 76.7 cm³/mol. The Balaban J connectivity index is 1.91. The quantitative estimate of drug-likeness (QED) is 0.754. The van der Waals surface area contributed by atoms with Gasteiger partial charge in [-0.1, -0.05) is 44.2 Å². The van der Waals surface area contributed by atoms with Gasteiger partial charge in [0.2, 0.25) is 0 Å². The number of hydrogen-bond donors (Lipinski definition) is 0. The first-order valence-corrected chi connectivity index (χ1v) is 7.31. The topological polar surface area (TPSA) is 9.23 Å². The van der Waals surface area contributed by atoms with Gasteiger partial charge in [0.25, 0.3) is 0 Å². The van der Waals surface area contributed by atoms with Crippen LogP contribution in [-0.4, -0.2) is 11.7 Å². The summed E-state index contributed by atoms with van der Waals surface area (Å²) < 4.78 is 6.36. The Bertz CT molecular complexity index is 357. The highest BCUT2D eigenvalue weighted by molar-refractivity contribution is 5.15. The average molecular weight is 246 g/mol. The van der Waals surface area contributed by atoms with Crippen LogP contribution in [0.25, 0.3) is 0 Å². The molecule has 0 unspecified atom stereocenters. The van der Waals surface area contributed by atoms with Gasteiger partial charge < -0.3 is 4.74 Å². The van der Waals surface area contributed by atoms with Gasteiger partial charge in [-0.05, 0) is 50.5 Å². The third-order valence-corrected chi connectivity index (χ3v) is 4.16. The van der Waals surface area contributed by atoms with Crippen LogP contribution in [0.1, 0.15) is 52.0 Å². The summed E-state index contributed by atoms with van der Waals surface area (Å²) in [5, 5.41) is 0. The average Bonchev–Trinajstić information content (AvgIpc) is 2.38. The summed E-state index contributed by atoms with van der Waals surface area (Å²) in [6.07, 6.45) is 6.48. The zero-order chi connectivity index (χ0) is 13.0. The second-order valence-corrected chi connectivity index (χ2v) is 6.23. The minimum Gasteiger partial charge on any atom is -0.372 e. The fourth-order valence-corrected chi connectivity index (χ4v) is 2.87. The molecular weight excluding hydrogens is 220 g/mol. The van der Waals surface area contributed by atoms with Gasteiger partial charge in [0.15, 0.2) is 0 Å². The summed E-state index contributed by atoms with van der Waals surface area (Å²) in [5.74, 6) is 0.640. The van der Waals surface area contributed by atoms with Crippen molar-refractivity contribution in [2.45, 2.75) is 64.6 Å². The Hall–Kier alpha value is -0.820. The molecule has 0 bridgehead atoms. The van der Waals surface area contributed by atoms with Gasteiger partial charge in [0.1, 0.15) is 0 Å². The smallest absolute Gasteiger partial charge is 0.0661 e. The van der Waals surface area contributed by atoms with Gasteiger partial charge in [-0.15, -0.1) is 0 Å². The van der Waals surface area contributed by atoms with Crippen LogP contribution in [0.4, 0.5) is 0 Å². The van der Waals surface area contributed by atoms with Crippen molar-refractivity contribution in [3.8, 4) is 0 Å². The van der Waals surface area contributed by atoms with Crippen molar-refractivity contribution in [2.24, 2.45) is 5.92 Å². The Morgan fingerprint density at radius 1 is 1.28 bits per heavy atom. The molecule has 18 heavy (non-hydrogen) atoms. The van der Waals surface area contributed by atoms with Crippen molar-refractivity contribution in [1.29, 1.82) is 0 Å². The van der Waals surface area contributed by atoms with E-state index in [4.69, 9.17) is 4.74 Å². The van der Waals surface area contributed by atoms with Gasteiger partial charge in [-0.3, -0.25) is 0 Å². The summed E-state index contributed by atoms with van der Waals surface area (Å²) in [4.78, 5) is 0. The highest BCUT2D eigenvalue weighted by atomic mass is 16.5. The van der Waals surface area contributed by atoms with Crippen LogP contribution >= 0.6 is 0 Å². The summed E-state index contributed by atoms with van der Waals surface area (Å²) in [5.41, 5.74) is 1.51. The van der Waals surface area contributed by atoms with E-state index in [0.29, 0.717) is 12.0 Å². The lowest BCUT2D eigenvalue weighted by Crippen LogP contribution is -2.40. The molecular formula is C17H26O. The number of rotatable bonds is 4. The zero-order valence-electron chi connectivity index (χ0n) is 12.0. The van der Waals surface area contributed by atoms with Crippen LogP contribution in [0.5, 0.6) is 0 Å². The Morgan fingerprint density at radius 3 is 2.67 bits per heavy atom. The van der Waals surface area contributed by atoms with E-state index in [1.807, 2.05) is 0 Å². The highest BCUT2D eigenvalue weighted by Gasteiger charge is 2.33. The van der Waals surface area contributed by atoms with E-state index in [2.05, 4.69) is 51.1 Å². The van der Waals surface area contributed by atoms with Crippen LogP contribution in [0.2, 0.25) is 0 Å². The first-order chi connectivity index (χ1) is 8.59. The largest absolute Gasteiger partial charge is 0.372 e. The SMILES string of the molecule is CC(C)[C@@H]1CCC[C@@](C)(CCc2ccccc2)O1. The monoisotopic (exact) mass is 246 g/mol. The van der Waals surface area contributed by atoms with Crippen molar-refractivity contribution in [1.82, 2.24) is 0 Å². The normalized spacial score (nSPS) is 28.6. The summed E-state index contributed by atoms with van der Waals surface area (Å²) in [6, 6.07) is 10.8. The van der Waals surface area contributed by atoms with Gasteiger partial charge in [-0.2, -0.15) is 0 Å². The lowest BCUT2D eigenvalue weighted by atomic mass is 9.85. The molecule has 0 aliphatic carbocycles. The minimum atomic E-state index is 0.0863. The molecule has 1 heterocycles. The maximum atomic E-state index is 6.36. The molecule has 0 radical (unpaired) electrons. The second-order valence-electron chi connectivity index (χ2n) is 6.23. The van der Waals surface area contributed by atoms with Crippen LogP contribution in [0, 0.1) is 5.92 Å².